The van der Waals surface area contributed by atoms with E-state index in [9.17, 15) is 4.79 Å². The molecular weight excluding hydrogens is 390 g/mol. The number of nitrogens with zero attached hydrogens (tertiary/aromatic N) is 3. The minimum absolute atomic E-state index is 0.0362. The fraction of sp³-hybridized carbons (Fsp3) is 0.318. The number of amides is 1. The molecule has 2 aromatic carbocycles. The van der Waals surface area contributed by atoms with Crippen LogP contribution >= 0.6 is 11.6 Å². The minimum atomic E-state index is -0.0603. The van der Waals surface area contributed by atoms with Crippen LogP contribution in [0.15, 0.2) is 53.1 Å². The lowest BCUT2D eigenvalue weighted by Gasteiger charge is -2.28. The monoisotopic (exact) mass is 413 g/mol. The minimum Gasteiger partial charge on any atom is -0.497 e. The predicted molar refractivity (Wildman–Crippen MR) is 112 cm³/mol. The molecule has 0 aliphatic rings. The lowest BCUT2D eigenvalue weighted by molar-refractivity contribution is -0.133. The average Bonchev–Trinajstić information content (AvgIpc) is 3.22. The van der Waals surface area contributed by atoms with Gasteiger partial charge in [-0.05, 0) is 55.8 Å². The van der Waals surface area contributed by atoms with Crippen molar-refractivity contribution < 1.29 is 14.1 Å². The summed E-state index contributed by atoms with van der Waals surface area (Å²) in [6.07, 6.45) is 0.686. The zero-order valence-corrected chi connectivity index (χ0v) is 17.5. The number of methoxy groups -OCH3 is 1. The lowest BCUT2D eigenvalue weighted by atomic mass is 10.1. The van der Waals surface area contributed by atoms with Crippen molar-refractivity contribution in [2.45, 2.75) is 32.7 Å². The molecule has 0 radical (unpaired) electrons. The molecule has 0 saturated carbocycles. The Hall–Kier alpha value is -2.86. The third-order valence-corrected chi connectivity index (χ3v) is 5.08. The van der Waals surface area contributed by atoms with E-state index in [1.165, 1.54) is 0 Å². The van der Waals surface area contributed by atoms with Gasteiger partial charge in [-0.3, -0.25) is 4.79 Å². The largest absolute Gasteiger partial charge is 0.497 e. The Kier molecular flexibility index (Phi) is 6.88. The number of hydrogen-bond acceptors (Lipinski definition) is 5. The summed E-state index contributed by atoms with van der Waals surface area (Å²) < 4.78 is 10.6. The Morgan fingerprint density at radius 1 is 1.24 bits per heavy atom. The summed E-state index contributed by atoms with van der Waals surface area (Å²) >= 11 is 5.91. The van der Waals surface area contributed by atoms with Crippen LogP contribution in [0.2, 0.25) is 5.02 Å². The molecule has 152 valence electrons. The van der Waals surface area contributed by atoms with Crippen molar-refractivity contribution in [1.29, 1.82) is 0 Å². The molecule has 3 rings (SSSR count). The van der Waals surface area contributed by atoms with Crippen molar-refractivity contribution in [3.63, 3.8) is 0 Å². The summed E-state index contributed by atoms with van der Waals surface area (Å²) in [4.78, 5) is 19.0. The first-order valence-corrected chi connectivity index (χ1v) is 9.91. The number of ether oxygens (including phenoxy) is 1. The van der Waals surface area contributed by atoms with Gasteiger partial charge < -0.3 is 14.2 Å². The van der Waals surface area contributed by atoms with Gasteiger partial charge in [-0.2, -0.15) is 4.98 Å². The first-order valence-electron chi connectivity index (χ1n) is 9.53. The molecule has 1 amide bonds. The molecule has 3 aromatic rings. The van der Waals surface area contributed by atoms with Crippen LogP contribution in [-0.4, -0.2) is 34.6 Å². The van der Waals surface area contributed by atoms with E-state index in [1.807, 2.05) is 55.1 Å². The number of carbonyl (C=O) groups is 1. The van der Waals surface area contributed by atoms with Gasteiger partial charge in [0.2, 0.25) is 17.6 Å². The molecule has 0 saturated heterocycles. The van der Waals surface area contributed by atoms with Crippen molar-refractivity contribution in [2.24, 2.45) is 0 Å². The number of aromatic nitrogens is 2. The smallest absolute Gasteiger partial charge is 0.227 e. The first-order chi connectivity index (χ1) is 14.0. The molecule has 0 spiro atoms. The number of aryl methyl sites for hydroxylation is 1. The molecule has 1 unspecified atom stereocenters. The SMILES string of the molecule is CCN(C(=O)CCc1nc(-c2ccc(Cl)cc2)no1)C(C)c1cccc(OC)c1. The maximum absolute atomic E-state index is 12.8. The molecule has 1 heterocycles. The van der Waals surface area contributed by atoms with E-state index in [2.05, 4.69) is 10.1 Å². The summed E-state index contributed by atoms with van der Waals surface area (Å²) in [6.45, 7) is 4.60. The van der Waals surface area contributed by atoms with Crippen LogP contribution in [0.1, 0.15) is 37.8 Å². The Labute approximate surface area is 175 Å². The van der Waals surface area contributed by atoms with Crippen molar-refractivity contribution in [1.82, 2.24) is 15.0 Å². The Bertz CT molecular complexity index is 956. The Morgan fingerprint density at radius 2 is 2.00 bits per heavy atom. The molecule has 0 N–H and O–H groups in total. The molecule has 0 fully saturated rings. The summed E-state index contributed by atoms with van der Waals surface area (Å²) in [7, 11) is 1.63. The molecule has 29 heavy (non-hydrogen) atoms. The van der Waals surface area contributed by atoms with Gasteiger partial charge in [0.1, 0.15) is 5.75 Å². The molecule has 7 heteroatoms. The lowest BCUT2D eigenvalue weighted by Crippen LogP contribution is -2.33. The van der Waals surface area contributed by atoms with Crippen molar-refractivity contribution in [3.8, 4) is 17.1 Å². The van der Waals surface area contributed by atoms with Crippen LogP contribution in [0.4, 0.5) is 0 Å². The quantitative estimate of drug-likeness (QED) is 0.523. The second-order valence-electron chi connectivity index (χ2n) is 6.65. The fourth-order valence-electron chi connectivity index (χ4n) is 3.18. The first kappa shape index (κ1) is 20.9. The van der Waals surface area contributed by atoms with E-state index >= 15 is 0 Å². The Balaban J connectivity index is 1.63. The fourth-order valence-corrected chi connectivity index (χ4v) is 3.30. The van der Waals surface area contributed by atoms with Crippen molar-refractivity contribution >= 4 is 17.5 Å². The molecule has 0 bridgehead atoms. The highest BCUT2D eigenvalue weighted by Gasteiger charge is 2.21. The summed E-state index contributed by atoms with van der Waals surface area (Å²) in [5.41, 5.74) is 1.85. The standard InChI is InChI=1S/C22H24ClN3O3/c1-4-26(15(2)17-6-5-7-19(14-17)28-3)21(27)13-12-20-24-22(25-29-20)16-8-10-18(23)11-9-16/h5-11,14-15H,4,12-13H2,1-3H3. The van der Waals surface area contributed by atoms with E-state index in [0.29, 0.717) is 36.1 Å². The molecule has 1 atom stereocenters. The average molecular weight is 414 g/mol. The topological polar surface area (TPSA) is 68.5 Å². The molecule has 1 aromatic heterocycles. The van der Waals surface area contributed by atoms with Crippen molar-refractivity contribution in [3.05, 3.63) is 65.0 Å². The number of carbonyl (C=O) groups excluding carboxylic acids is 1. The van der Waals surface area contributed by atoms with Crippen LogP contribution in [0, 0.1) is 0 Å². The number of hydrogen-bond donors (Lipinski definition) is 0. The highest BCUT2D eigenvalue weighted by molar-refractivity contribution is 6.30. The van der Waals surface area contributed by atoms with Gasteiger partial charge in [0.25, 0.3) is 0 Å². The highest BCUT2D eigenvalue weighted by atomic mass is 35.5. The highest BCUT2D eigenvalue weighted by Crippen LogP contribution is 2.25. The van der Waals surface area contributed by atoms with E-state index in [0.717, 1.165) is 16.9 Å². The van der Waals surface area contributed by atoms with Gasteiger partial charge in [0.05, 0.1) is 13.2 Å². The van der Waals surface area contributed by atoms with E-state index in [1.54, 1.807) is 19.2 Å². The zero-order chi connectivity index (χ0) is 20.8. The Morgan fingerprint density at radius 3 is 2.69 bits per heavy atom. The van der Waals surface area contributed by atoms with Gasteiger partial charge in [0.15, 0.2) is 0 Å². The van der Waals surface area contributed by atoms with Crippen LogP contribution in [-0.2, 0) is 11.2 Å². The van der Waals surface area contributed by atoms with Gasteiger partial charge in [-0.15, -0.1) is 0 Å². The van der Waals surface area contributed by atoms with Crippen LogP contribution < -0.4 is 4.74 Å². The van der Waals surface area contributed by atoms with Crippen LogP contribution in [0.25, 0.3) is 11.4 Å². The molecular formula is C22H24ClN3O3. The molecule has 0 aliphatic carbocycles. The number of rotatable bonds is 8. The second kappa shape index (κ2) is 9.56. The number of benzene rings is 2. The number of halogens is 1. The summed E-state index contributed by atoms with van der Waals surface area (Å²) in [5, 5.41) is 4.64. The van der Waals surface area contributed by atoms with E-state index < -0.39 is 0 Å². The normalized spacial score (nSPS) is 11.9. The van der Waals surface area contributed by atoms with Crippen molar-refractivity contribution in [2.75, 3.05) is 13.7 Å². The molecule has 6 nitrogen and oxygen atoms in total. The molecule has 0 aliphatic heterocycles. The second-order valence-corrected chi connectivity index (χ2v) is 7.09. The van der Waals surface area contributed by atoms with Crippen LogP contribution in [0.3, 0.4) is 0 Å². The van der Waals surface area contributed by atoms with Gasteiger partial charge in [-0.1, -0.05) is 28.9 Å². The van der Waals surface area contributed by atoms with Gasteiger partial charge in [-0.25, -0.2) is 0 Å². The third-order valence-electron chi connectivity index (χ3n) is 4.83. The van der Waals surface area contributed by atoms with Gasteiger partial charge in [0, 0.05) is 30.0 Å². The van der Waals surface area contributed by atoms with Gasteiger partial charge >= 0.3 is 0 Å². The van der Waals surface area contributed by atoms with Crippen LogP contribution in [0.5, 0.6) is 5.75 Å². The summed E-state index contributed by atoms with van der Waals surface area (Å²) in [5.74, 6) is 1.74. The maximum Gasteiger partial charge on any atom is 0.227 e. The maximum atomic E-state index is 12.8. The summed E-state index contributed by atoms with van der Waals surface area (Å²) in [6, 6.07) is 14.9. The zero-order valence-electron chi connectivity index (χ0n) is 16.8. The van der Waals surface area contributed by atoms with E-state index in [4.69, 9.17) is 20.9 Å². The third kappa shape index (κ3) is 5.15. The van der Waals surface area contributed by atoms with E-state index in [-0.39, 0.29) is 11.9 Å². The predicted octanol–water partition coefficient (Wildman–Crippen LogP) is 4.94.